The van der Waals surface area contributed by atoms with E-state index in [1.807, 2.05) is 30.3 Å². The van der Waals surface area contributed by atoms with Gasteiger partial charge in [-0.05, 0) is 30.1 Å². The minimum atomic E-state index is -1.38. The number of Topliss-reactive ketones (excluding diaryl/α,β-unsaturated/α-hetero) is 1. The lowest BCUT2D eigenvalue weighted by molar-refractivity contribution is -0.139. The average molecular weight is 465 g/mol. The number of ketones is 1. The van der Waals surface area contributed by atoms with Crippen LogP contribution in [0.1, 0.15) is 85.6 Å². The van der Waals surface area contributed by atoms with Crippen molar-refractivity contribution in [3.8, 4) is 0 Å². The summed E-state index contributed by atoms with van der Waals surface area (Å²) in [6.07, 6.45) is 15.4. The molecule has 0 saturated heterocycles. The third-order valence-electron chi connectivity index (χ3n) is 6.79. The van der Waals surface area contributed by atoms with Gasteiger partial charge >= 0.3 is 5.97 Å². The van der Waals surface area contributed by atoms with Crippen molar-refractivity contribution in [2.45, 2.75) is 76.0 Å². The van der Waals surface area contributed by atoms with E-state index in [-0.39, 0.29) is 30.4 Å². The first-order chi connectivity index (χ1) is 16.6. The number of rotatable bonds is 12. The molecule has 34 heavy (non-hydrogen) atoms. The van der Waals surface area contributed by atoms with E-state index in [2.05, 4.69) is 9.98 Å². The van der Waals surface area contributed by atoms with Crippen LogP contribution >= 0.6 is 0 Å². The molecule has 2 aliphatic rings. The van der Waals surface area contributed by atoms with E-state index < -0.39 is 11.7 Å². The monoisotopic (exact) mass is 464 g/mol. The topological polar surface area (TPSA) is 102 Å². The molecular formula is C27H32N2O5. The fourth-order valence-corrected chi connectivity index (χ4v) is 4.85. The minimum absolute atomic E-state index is 0.112. The van der Waals surface area contributed by atoms with Gasteiger partial charge in [-0.2, -0.15) is 0 Å². The van der Waals surface area contributed by atoms with Crippen LogP contribution in [0.2, 0.25) is 0 Å². The number of hydrogen-bond donors (Lipinski definition) is 1. The highest BCUT2D eigenvalue weighted by Gasteiger charge is 2.39. The number of oxazole rings is 1. The summed E-state index contributed by atoms with van der Waals surface area (Å²) in [5.74, 6) is -0.643. The van der Waals surface area contributed by atoms with E-state index in [0.717, 1.165) is 30.6 Å². The Hall–Kier alpha value is -3.06. The molecule has 1 aromatic carbocycles. The molecule has 0 amide bonds. The van der Waals surface area contributed by atoms with Gasteiger partial charge in [-0.3, -0.25) is 4.79 Å². The van der Waals surface area contributed by atoms with E-state index in [9.17, 15) is 14.7 Å². The van der Waals surface area contributed by atoms with E-state index in [1.54, 1.807) is 18.4 Å². The quantitative estimate of drug-likeness (QED) is 0.431. The van der Waals surface area contributed by atoms with Crippen molar-refractivity contribution in [2.24, 2.45) is 10.9 Å². The third kappa shape index (κ3) is 6.08. The number of allylic oxidation sites excluding steroid dienone is 1. The maximum atomic E-state index is 13.5. The summed E-state index contributed by atoms with van der Waals surface area (Å²) < 4.78 is 11.6. The molecule has 7 heteroatoms. The highest BCUT2D eigenvalue weighted by atomic mass is 16.5. The first kappa shape index (κ1) is 24.1. The number of benzene rings is 1. The van der Waals surface area contributed by atoms with E-state index >= 15 is 0 Å². The molecule has 0 radical (unpaired) electrons. The molecule has 1 fully saturated rings. The van der Waals surface area contributed by atoms with Crippen molar-refractivity contribution in [3.05, 3.63) is 65.9 Å². The van der Waals surface area contributed by atoms with E-state index in [4.69, 9.17) is 9.15 Å². The molecule has 7 nitrogen and oxygen atoms in total. The van der Waals surface area contributed by atoms with Crippen LogP contribution in [-0.2, 0) is 16.1 Å². The first-order valence-corrected chi connectivity index (χ1v) is 12.2. The number of carbonyl (C=O) groups is 2. The van der Waals surface area contributed by atoms with E-state index in [1.165, 1.54) is 32.1 Å². The standard InChI is InChI=1S/C27H32N2O5/c30-24(27(15-8-16-28-27)34-18-21-11-5-2-6-12-21)17-22(25-29-23(19-33-25)26(31)32)14-7-13-20-9-3-1-4-10-20/h2,5-6,8,11-12,15-16,19-20,22H,1,3-4,7,9-10,13-14,17-18H2,(H,31,32). The third-order valence-corrected chi connectivity index (χ3v) is 6.79. The zero-order chi connectivity index (χ0) is 23.8. The van der Waals surface area contributed by atoms with Gasteiger partial charge in [0.25, 0.3) is 0 Å². The van der Waals surface area contributed by atoms with Gasteiger partial charge < -0.3 is 14.3 Å². The van der Waals surface area contributed by atoms with Gasteiger partial charge in [0.2, 0.25) is 5.72 Å². The second-order valence-corrected chi connectivity index (χ2v) is 9.24. The van der Waals surface area contributed by atoms with Crippen molar-refractivity contribution in [1.29, 1.82) is 0 Å². The number of aromatic carboxylic acids is 1. The summed E-state index contributed by atoms with van der Waals surface area (Å²) in [4.78, 5) is 33.3. The fraction of sp³-hybridized carbons (Fsp3) is 0.481. The Morgan fingerprint density at radius 1 is 1.18 bits per heavy atom. The first-order valence-electron chi connectivity index (χ1n) is 12.2. The normalized spacial score (nSPS) is 21.1. The number of aromatic nitrogens is 1. The molecule has 1 aromatic heterocycles. The van der Waals surface area contributed by atoms with Gasteiger partial charge in [-0.25, -0.2) is 14.8 Å². The predicted octanol–water partition coefficient (Wildman–Crippen LogP) is 5.72. The zero-order valence-corrected chi connectivity index (χ0v) is 19.4. The summed E-state index contributed by atoms with van der Waals surface area (Å²) >= 11 is 0. The largest absolute Gasteiger partial charge is 0.476 e. The van der Waals surface area contributed by atoms with Crippen molar-refractivity contribution in [1.82, 2.24) is 4.98 Å². The lowest BCUT2D eigenvalue weighted by Gasteiger charge is -2.26. The SMILES string of the molecule is O=C(O)c1coc(C(CCCC2CCCCC2)CC(=O)C2(OCc3ccccc3)C=CC=N2)n1. The fourth-order valence-electron chi connectivity index (χ4n) is 4.85. The Kier molecular flexibility index (Phi) is 8.06. The zero-order valence-electron chi connectivity index (χ0n) is 19.4. The van der Waals surface area contributed by atoms with Gasteiger partial charge in [-0.15, -0.1) is 0 Å². The maximum absolute atomic E-state index is 13.5. The van der Waals surface area contributed by atoms with Crippen LogP contribution in [-0.4, -0.2) is 33.8 Å². The van der Waals surface area contributed by atoms with Crippen LogP contribution in [0.5, 0.6) is 0 Å². The highest BCUT2D eigenvalue weighted by Crippen LogP contribution is 2.34. The molecule has 1 N–H and O–H groups in total. The number of hydrogen-bond acceptors (Lipinski definition) is 6. The van der Waals surface area contributed by atoms with Crippen LogP contribution in [0, 0.1) is 5.92 Å². The molecule has 2 aromatic rings. The maximum Gasteiger partial charge on any atom is 0.357 e. The van der Waals surface area contributed by atoms with Crippen LogP contribution < -0.4 is 0 Å². The van der Waals surface area contributed by atoms with Gasteiger partial charge in [-0.1, -0.05) is 75.3 Å². The number of carbonyl (C=O) groups excluding carboxylic acids is 1. The van der Waals surface area contributed by atoms with Crippen molar-refractivity contribution >= 4 is 18.0 Å². The molecule has 2 atom stereocenters. The lowest BCUT2D eigenvalue weighted by Crippen LogP contribution is -2.37. The minimum Gasteiger partial charge on any atom is -0.476 e. The van der Waals surface area contributed by atoms with Gasteiger partial charge in [0, 0.05) is 18.6 Å². The summed E-state index contributed by atoms with van der Waals surface area (Å²) in [5, 5.41) is 9.26. The highest BCUT2D eigenvalue weighted by molar-refractivity contribution is 5.94. The average Bonchev–Trinajstić information content (AvgIpc) is 3.55. The van der Waals surface area contributed by atoms with Gasteiger partial charge in [0.05, 0.1) is 6.61 Å². The van der Waals surface area contributed by atoms with Crippen LogP contribution in [0.25, 0.3) is 0 Å². The Labute approximate surface area is 199 Å². The van der Waals surface area contributed by atoms with Gasteiger partial charge in [0.15, 0.2) is 17.4 Å². The molecule has 4 rings (SSSR count). The molecule has 1 aliphatic carbocycles. The Balaban J connectivity index is 1.45. The molecular weight excluding hydrogens is 432 g/mol. The number of ether oxygens (including phenoxy) is 1. The molecule has 1 aliphatic heterocycles. The molecule has 2 heterocycles. The molecule has 180 valence electrons. The van der Waals surface area contributed by atoms with Crippen LogP contribution in [0.15, 0.2) is 58.2 Å². The number of carboxylic acids is 1. The molecule has 2 unspecified atom stereocenters. The van der Waals surface area contributed by atoms with Crippen molar-refractivity contribution < 1.29 is 23.8 Å². The number of nitrogens with zero attached hydrogens (tertiary/aromatic N) is 2. The Morgan fingerprint density at radius 3 is 2.65 bits per heavy atom. The molecule has 1 saturated carbocycles. The second kappa shape index (κ2) is 11.4. The number of aliphatic imine (C=N–C) groups is 1. The molecule has 0 bridgehead atoms. The Bertz CT molecular complexity index is 1010. The number of carboxylic acid groups (broad SMARTS) is 1. The van der Waals surface area contributed by atoms with Crippen molar-refractivity contribution in [3.63, 3.8) is 0 Å². The summed E-state index contributed by atoms with van der Waals surface area (Å²) in [6, 6.07) is 9.65. The second-order valence-electron chi connectivity index (χ2n) is 9.24. The predicted molar refractivity (Wildman–Crippen MR) is 128 cm³/mol. The van der Waals surface area contributed by atoms with Crippen molar-refractivity contribution in [2.75, 3.05) is 0 Å². The Morgan fingerprint density at radius 2 is 1.97 bits per heavy atom. The molecule has 0 spiro atoms. The summed E-state index contributed by atoms with van der Waals surface area (Å²) in [7, 11) is 0. The smallest absolute Gasteiger partial charge is 0.357 e. The van der Waals surface area contributed by atoms with Crippen LogP contribution in [0.3, 0.4) is 0 Å². The summed E-state index contributed by atoms with van der Waals surface area (Å²) in [6.45, 7) is 0.253. The van der Waals surface area contributed by atoms with E-state index in [0.29, 0.717) is 12.3 Å². The van der Waals surface area contributed by atoms with Gasteiger partial charge in [0.1, 0.15) is 6.26 Å². The van der Waals surface area contributed by atoms with Crippen LogP contribution in [0.4, 0.5) is 0 Å². The lowest BCUT2D eigenvalue weighted by atomic mass is 9.84. The summed E-state index contributed by atoms with van der Waals surface area (Å²) in [5.41, 5.74) is -0.568.